The lowest BCUT2D eigenvalue weighted by Gasteiger charge is -2.10. The van der Waals surface area contributed by atoms with Gasteiger partial charge in [0.05, 0.1) is 23.7 Å². The monoisotopic (exact) mass is 307 g/mol. The van der Waals surface area contributed by atoms with Crippen LogP contribution in [0.5, 0.6) is 5.75 Å². The van der Waals surface area contributed by atoms with Gasteiger partial charge in [-0.1, -0.05) is 12.1 Å². The van der Waals surface area contributed by atoms with E-state index in [4.69, 9.17) is 4.74 Å². The van der Waals surface area contributed by atoms with Crippen molar-refractivity contribution in [1.82, 2.24) is 24.1 Å². The Hall–Kier alpha value is -3.22. The maximum atomic E-state index is 12.7. The molecular formula is C16H13N5O2. The minimum Gasteiger partial charge on any atom is -0.497 e. The van der Waals surface area contributed by atoms with E-state index in [2.05, 4.69) is 15.1 Å². The predicted molar refractivity (Wildman–Crippen MR) is 85.5 cm³/mol. The number of fused-ring (bicyclic) bond motifs is 2. The first-order chi connectivity index (χ1) is 11.2. The van der Waals surface area contributed by atoms with E-state index in [0.29, 0.717) is 28.1 Å². The summed E-state index contributed by atoms with van der Waals surface area (Å²) in [4.78, 5) is 21.2. The minimum atomic E-state index is -0.134. The summed E-state index contributed by atoms with van der Waals surface area (Å²) in [5, 5.41) is 4.73. The first-order valence-electron chi connectivity index (χ1n) is 7.02. The van der Waals surface area contributed by atoms with Crippen LogP contribution in [0.2, 0.25) is 0 Å². The van der Waals surface area contributed by atoms with Gasteiger partial charge in [0.25, 0.3) is 11.3 Å². The van der Waals surface area contributed by atoms with Crippen LogP contribution in [0.4, 0.5) is 0 Å². The molecule has 0 atom stereocenters. The number of nitrogens with zero attached hydrogens (tertiary/aromatic N) is 5. The van der Waals surface area contributed by atoms with E-state index in [1.807, 2.05) is 24.3 Å². The SMILES string of the molecule is COc1cccc(-c2c3c(=O)n(C)ccc3nc3ncnn23)c1. The van der Waals surface area contributed by atoms with E-state index in [1.54, 1.807) is 30.9 Å². The smallest absolute Gasteiger partial charge is 0.261 e. The Morgan fingerprint density at radius 1 is 1.22 bits per heavy atom. The molecule has 7 heteroatoms. The van der Waals surface area contributed by atoms with E-state index in [9.17, 15) is 4.79 Å². The van der Waals surface area contributed by atoms with Gasteiger partial charge in [0.2, 0.25) is 0 Å². The second kappa shape index (κ2) is 4.91. The zero-order valence-corrected chi connectivity index (χ0v) is 12.6. The number of aromatic nitrogens is 5. The van der Waals surface area contributed by atoms with Gasteiger partial charge in [0, 0.05) is 18.8 Å². The van der Waals surface area contributed by atoms with Crippen LogP contribution in [0.3, 0.4) is 0 Å². The van der Waals surface area contributed by atoms with Crippen molar-refractivity contribution < 1.29 is 4.74 Å². The van der Waals surface area contributed by atoms with Crippen molar-refractivity contribution in [3.05, 3.63) is 53.2 Å². The zero-order chi connectivity index (χ0) is 16.0. The molecule has 1 aromatic carbocycles. The van der Waals surface area contributed by atoms with Gasteiger partial charge in [-0.05, 0) is 18.2 Å². The first kappa shape index (κ1) is 13.4. The van der Waals surface area contributed by atoms with Crippen molar-refractivity contribution in [2.75, 3.05) is 7.11 Å². The van der Waals surface area contributed by atoms with Crippen molar-refractivity contribution in [1.29, 1.82) is 0 Å². The lowest BCUT2D eigenvalue weighted by Crippen LogP contribution is -2.18. The normalized spacial score (nSPS) is 11.2. The largest absolute Gasteiger partial charge is 0.497 e. The molecule has 0 saturated heterocycles. The third-order valence-corrected chi connectivity index (χ3v) is 3.79. The van der Waals surface area contributed by atoms with Gasteiger partial charge in [0.1, 0.15) is 12.1 Å². The number of aryl methyl sites for hydroxylation is 1. The molecule has 4 rings (SSSR count). The molecule has 0 spiro atoms. The van der Waals surface area contributed by atoms with Crippen molar-refractivity contribution >= 4 is 16.7 Å². The van der Waals surface area contributed by atoms with Crippen molar-refractivity contribution in [3.8, 4) is 17.0 Å². The highest BCUT2D eigenvalue weighted by molar-refractivity contribution is 5.93. The van der Waals surface area contributed by atoms with Gasteiger partial charge in [0.15, 0.2) is 0 Å². The first-order valence-corrected chi connectivity index (χ1v) is 7.02. The average molecular weight is 307 g/mol. The van der Waals surface area contributed by atoms with Gasteiger partial charge >= 0.3 is 0 Å². The number of benzene rings is 1. The van der Waals surface area contributed by atoms with Gasteiger partial charge in [-0.25, -0.2) is 4.98 Å². The molecule has 0 amide bonds. The molecular weight excluding hydrogens is 294 g/mol. The van der Waals surface area contributed by atoms with Crippen molar-refractivity contribution in [2.24, 2.45) is 7.05 Å². The van der Waals surface area contributed by atoms with Crippen LogP contribution < -0.4 is 10.3 Å². The zero-order valence-electron chi connectivity index (χ0n) is 12.6. The van der Waals surface area contributed by atoms with Gasteiger partial charge in [-0.3, -0.25) is 4.79 Å². The topological polar surface area (TPSA) is 74.3 Å². The maximum absolute atomic E-state index is 12.7. The summed E-state index contributed by atoms with van der Waals surface area (Å²) in [6.07, 6.45) is 3.12. The highest BCUT2D eigenvalue weighted by atomic mass is 16.5. The molecule has 0 aliphatic rings. The van der Waals surface area contributed by atoms with Crippen LogP contribution in [0.25, 0.3) is 27.9 Å². The fourth-order valence-corrected chi connectivity index (χ4v) is 2.66. The lowest BCUT2D eigenvalue weighted by atomic mass is 10.1. The number of pyridine rings is 1. The molecule has 23 heavy (non-hydrogen) atoms. The Labute approximate surface area is 130 Å². The summed E-state index contributed by atoms with van der Waals surface area (Å²) >= 11 is 0. The molecule has 114 valence electrons. The van der Waals surface area contributed by atoms with Crippen LogP contribution in [0.15, 0.2) is 47.7 Å². The van der Waals surface area contributed by atoms with Crippen molar-refractivity contribution in [2.45, 2.75) is 0 Å². The second-order valence-electron chi connectivity index (χ2n) is 5.16. The molecule has 0 N–H and O–H groups in total. The third kappa shape index (κ3) is 1.97. The molecule has 7 nitrogen and oxygen atoms in total. The second-order valence-corrected chi connectivity index (χ2v) is 5.16. The van der Waals surface area contributed by atoms with E-state index in [0.717, 1.165) is 5.56 Å². The summed E-state index contributed by atoms with van der Waals surface area (Å²) < 4.78 is 8.40. The number of methoxy groups -OCH3 is 1. The van der Waals surface area contributed by atoms with E-state index in [-0.39, 0.29) is 5.56 Å². The summed E-state index contributed by atoms with van der Waals surface area (Å²) in [5.74, 6) is 1.15. The maximum Gasteiger partial charge on any atom is 0.261 e. The lowest BCUT2D eigenvalue weighted by molar-refractivity contribution is 0.415. The van der Waals surface area contributed by atoms with Crippen LogP contribution >= 0.6 is 0 Å². The summed E-state index contributed by atoms with van der Waals surface area (Å²) in [6.45, 7) is 0. The minimum absolute atomic E-state index is 0.134. The molecule has 0 radical (unpaired) electrons. The molecule has 0 aliphatic carbocycles. The molecule has 0 aliphatic heterocycles. The van der Waals surface area contributed by atoms with Gasteiger partial charge < -0.3 is 9.30 Å². The quantitative estimate of drug-likeness (QED) is 0.563. The Morgan fingerprint density at radius 3 is 2.91 bits per heavy atom. The average Bonchev–Trinajstić information content (AvgIpc) is 3.04. The highest BCUT2D eigenvalue weighted by Gasteiger charge is 2.16. The Balaban J connectivity index is 2.22. The number of rotatable bonds is 2. The predicted octanol–water partition coefficient (Wildman–Crippen LogP) is 1.65. The fourth-order valence-electron chi connectivity index (χ4n) is 2.66. The van der Waals surface area contributed by atoms with Crippen LogP contribution in [0, 0.1) is 0 Å². The molecule has 4 aromatic rings. The van der Waals surface area contributed by atoms with E-state index >= 15 is 0 Å². The van der Waals surface area contributed by atoms with E-state index < -0.39 is 0 Å². The van der Waals surface area contributed by atoms with Crippen LogP contribution in [0.1, 0.15) is 0 Å². The molecule has 0 unspecified atom stereocenters. The highest BCUT2D eigenvalue weighted by Crippen LogP contribution is 2.28. The fraction of sp³-hybridized carbons (Fsp3) is 0.125. The summed E-state index contributed by atoms with van der Waals surface area (Å²) in [5.41, 5.74) is 1.93. The Kier molecular flexibility index (Phi) is 2.87. The molecule has 3 heterocycles. The number of ether oxygens (including phenoxy) is 1. The van der Waals surface area contributed by atoms with E-state index in [1.165, 1.54) is 10.9 Å². The summed E-state index contributed by atoms with van der Waals surface area (Å²) in [6, 6.07) is 9.29. The standard InChI is InChI=1S/C16H13N5O2/c1-20-7-6-12-13(15(20)22)14(21-16(19-12)17-9-18-21)10-4-3-5-11(8-10)23-2/h3-9H,1-2H3. The molecule has 0 saturated carbocycles. The Bertz CT molecular complexity index is 1100. The Morgan fingerprint density at radius 2 is 2.09 bits per heavy atom. The van der Waals surface area contributed by atoms with Crippen molar-refractivity contribution in [3.63, 3.8) is 0 Å². The summed E-state index contributed by atoms with van der Waals surface area (Å²) in [7, 11) is 3.32. The van der Waals surface area contributed by atoms with Gasteiger partial charge in [-0.2, -0.15) is 14.6 Å². The number of hydrogen-bond acceptors (Lipinski definition) is 5. The molecule has 0 bridgehead atoms. The molecule has 3 aromatic heterocycles. The number of hydrogen-bond donors (Lipinski definition) is 0. The van der Waals surface area contributed by atoms with Crippen LogP contribution in [-0.2, 0) is 7.05 Å². The third-order valence-electron chi connectivity index (χ3n) is 3.79. The van der Waals surface area contributed by atoms with Gasteiger partial charge in [-0.15, -0.1) is 0 Å². The van der Waals surface area contributed by atoms with Crippen LogP contribution in [-0.4, -0.2) is 31.3 Å². The molecule has 0 fully saturated rings.